The van der Waals surface area contributed by atoms with Crippen LogP contribution in [0.25, 0.3) is 0 Å². The van der Waals surface area contributed by atoms with Crippen molar-refractivity contribution >= 4 is 23.5 Å². The Labute approximate surface area is 114 Å². The third-order valence-electron chi connectivity index (χ3n) is 3.01. The van der Waals surface area contributed by atoms with E-state index in [1.165, 1.54) is 17.0 Å². The van der Waals surface area contributed by atoms with Crippen LogP contribution in [0.2, 0.25) is 0 Å². The Kier molecular flexibility index (Phi) is 3.88. The summed E-state index contributed by atoms with van der Waals surface area (Å²) >= 11 is 0. The quantitative estimate of drug-likeness (QED) is 0.701. The van der Waals surface area contributed by atoms with Crippen molar-refractivity contribution in [2.24, 2.45) is 0 Å². The van der Waals surface area contributed by atoms with Gasteiger partial charge in [0.05, 0.1) is 17.8 Å². The third-order valence-corrected chi connectivity index (χ3v) is 3.01. The number of benzene rings is 1. The molecule has 1 fully saturated rings. The number of carbonyl (C=O) groups excluding carboxylic acids is 2. The molecule has 0 radical (unpaired) electrons. The summed E-state index contributed by atoms with van der Waals surface area (Å²) in [6.45, 7) is 0.437. The van der Waals surface area contributed by atoms with Crippen molar-refractivity contribution in [3.05, 3.63) is 23.8 Å². The molecule has 2 amide bonds. The topological polar surface area (TPSA) is 107 Å². The monoisotopic (exact) mass is 278 g/mol. The summed E-state index contributed by atoms with van der Waals surface area (Å²) in [4.78, 5) is 35.7. The minimum Gasteiger partial charge on any atom is -0.508 e. The Morgan fingerprint density at radius 1 is 1.35 bits per heavy atom. The lowest BCUT2D eigenvalue weighted by Gasteiger charge is -2.15. The summed E-state index contributed by atoms with van der Waals surface area (Å²) in [5, 5.41) is 20.7. The van der Waals surface area contributed by atoms with Crippen molar-refractivity contribution in [3.8, 4) is 5.75 Å². The van der Waals surface area contributed by atoms with Crippen LogP contribution in [-0.2, 0) is 9.59 Å². The van der Waals surface area contributed by atoms with Crippen LogP contribution in [-0.4, -0.2) is 46.0 Å². The van der Waals surface area contributed by atoms with Crippen LogP contribution in [0, 0.1) is 0 Å². The molecule has 0 bridgehead atoms. The highest BCUT2D eigenvalue weighted by molar-refractivity contribution is 6.02. The number of carboxylic acid groups (broad SMARTS) is 1. The number of rotatable bonds is 4. The fraction of sp³-hybridized carbons (Fsp3) is 0.308. The lowest BCUT2D eigenvalue weighted by atomic mass is 10.1. The molecule has 1 aliphatic rings. The smallest absolute Gasteiger partial charge is 0.337 e. The fourth-order valence-electron chi connectivity index (χ4n) is 2.05. The number of carboxylic acids is 1. The highest BCUT2D eigenvalue weighted by Crippen LogP contribution is 2.21. The Morgan fingerprint density at radius 2 is 2.10 bits per heavy atom. The van der Waals surface area contributed by atoms with E-state index in [1.54, 1.807) is 0 Å². The highest BCUT2D eigenvalue weighted by Gasteiger charge is 2.23. The first-order valence-electron chi connectivity index (χ1n) is 6.11. The number of hydrogen-bond acceptors (Lipinski definition) is 4. The lowest BCUT2D eigenvalue weighted by molar-refractivity contribution is -0.131. The first-order valence-corrected chi connectivity index (χ1v) is 6.11. The van der Waals surface area contributed by atoms with Crippen LogP contribution in [0.15, 0.2) is 18.2 Å². The summed E-state index contributed by atoms with van der Waals surface area (Å²) in [6, 6.07) is 3.64. The molecule has 0 aromatic heterocycles. The molecule has 1 aliphatic heterocycles. The summed E-state index contributed by atoms with van der Waals surface area (Å²) in [6.07, 6.45) is 1.17. The SMILES string of the molecule is O=C(CN1CCCC1=O)Nc1ccc(O)cc1C(=O)O. The third kappa shape index (κ3) is 3.05. The molecule has 7 heteroatoms. The van der Waals surface area contributed by atoms with Gasteiger partial charge >= 0.3 is 5.97 Å². The van der Waals surface area contributed by atoms with Crippen LogP contribution in [0.1, 0.15) is 23.2 Å². The van der Waals surface area contributed by atoms with Gasteiger partial charge in [0.15, 0.2) is 0 Å². The number of nitrogens with zero attached hydrogens (tertiary/aromatic N) is 1. The maximum atomic E-state index is 11.8. The highest BCUT2D eigenvalue weighted by atomic mass is 16.4. The van der Waals surface area contributed by atoms with Gasteiger partial charge in [0.1, 0.15) is 5.75 Å². The van der Waals surface area contributed by atoms with E-state index in [0.29, 0.717) is 13.0 Å². The van der Waals surface area contributed by atoms with Gasteiger partial charge < -0.3 is 20.4 Å². The Morgan fingerprint density at radius 3 is 2.70 bits per heavy atom. The summed E-state index contributed by atoms with van der Waals surface area (Å²) in [5.41, 5.74) is -0.113. The zero-order valence-electron chi connectivity index (χ0n) is 10.6. The largest absolute Gasteiger partial charge is 0.508 e. The molecule has 1 heterocycles. The molecular formula is C13H14N2O5. The van der Waals surface area contributed by atoms with E-state index < -0.39 is 11.9 Å². The van der Waals surface area contributed by atoms with E-state index in [-0.39, 0.29) is 29.5 Å². The maximum absolute atomic E-state index is 11.8. The van der Waals surface area contributed by atoms with Gasteiger partial charge in [-0.1, -0.05) is 0 Å². The standard InChI is InChI=1S/C13H14N2O5/c16-8-3-4-10(9(6-8)13(19)20)14-11(17)7-15-5-1-2-12(15)18/h3-4,6,16H,1-2,5,7H2,(H,14,17)(H,19,20). The number of phenols is 1. The minimum absolute atomic E-state index is 0.0793. The molecule has 1 saturated heterocycles. The van der Waals surface area contributed by atoms with Gasteiger partial charge in [0, 0.05) is 13.0 Å². The van der Waals surface area contributed by atoms with Crippen molar-refractivity contribution in [1.82, 2.24) is 4.90 Å². The van der Waals surface area contributed by atoms with E-state index in [4.69, 9.17) is 5.11 Å². The second kappa shape index (κ2) is 5.60. The van der Waals surface area contributed by atoms with Gasteiger partial charge in [0.2, 0.25) is 11.8 Å². The number of carbonyl (C=O) groups is 3. The molecule has 106 valence electrons. The van der Waals surface area contributed by atoms with Crippen LogP contribution >= 0.6 is 0 Å². The second-order valence-corrected chi connectivity index (χ2v) is 4.50. The summed E-state index contributed by atoms with van der Waals surface area (Å²) in [5.74, 6) is -2.00. The van der Waals surface area contributed by atoms with Crippen LogP contribution < -0.4 is 5.32 Å². The second-order valence-electron chi connectivity index (χ2n) is 4.50. The summed E-state index contributed by atoms with van der Waals surface area (Å²) in [7, 11) is 0. The lowest BCUT2D eigenvalue weighted by Crippen LogP contribution is -2.34. The normalized spacial score (nSPS) is 14.4. The molecule has 1 aromatic rings. The maximum Gasteiger partial charge on any atom is 0.337 e. The minimum atomic E-state index is -1.26. The Bertz CT molecular complexity index is 570. The first kappa shape index (κ1) is 13.9. The van der Waals surface area contributed by atoms with Crippen molar-refractivity contribution in [2.75, 3.05) is 18.4 Å². The van der Waals surface area contributed by atoms with Gasteiger partial charge in [-0.25, -0.2) is 4.79 Å². The van der Waals surface area contributed by atoms with E-state index in [2.05, 4.69) is 5.32 Å². The molecule has 7 nitrogen and oxygen atoms in total. The fourth-order valence-corrected chi connectivity index (χ4v) is 2.05. The van der Waals surface area contributed by atoms with E-state index in [1.807, 2.05) is 0 Å². The number of likely N-dealkylation sites (tertiary alicyclic amines) is 1. The van der Waals surface area contributed by atoms with Gasteiger partial charge in [-0.3, -0.25) is 9.59 Å². The van der Waals surface area contributed by atoms with Gasteiger partial charge in [-0.05, 0) is 24.6 Å². The average molecular weight is 278 g/mol. The molecule has 1 aromatic carbocycles. The Hall–Kier alpha value is -2.57. The summed E-state index contributed by atoms with van der Waals surface area (Å²) < 4.78 is 0. The van der Waals surface area contributed by atoms with E-state index in [9.17, 15) is 19.5 Å². The molecule has 3 N–H and O–H groups in total. The molecular weight excluding hydrogens is 264 g/mol. The van der Waals surface area contributed by atoms with Crippen molar-refractivity contribution in [1.29, 1.82) is 0 Å². The number of amides is 2. The Balaban J connectivity index is 2.07. The zero-order chi connectivity index (χ0) is 14.7. The molecule has 0 spiro atoms. The zero-order valence-corrected chi connectivity index (χ0v) is 10.6. The van der Waals surface area contributed by atoms with Gasteiger partial charge in [-0.2, -0.15) is 0 Å². The van der Waals surface area contributed by atoms with Gasteiger partial charge in [-0.15, -0.1) is 0 Å². The number of aromatic hydroxyl groups is 1. The van der Waals surface area contributed by atoms with Crippen LogP contribution in [0.4, 0.5) is 5.69 Å². The van der Waals surface area contributed by atoms with Crippen molar-refractivity contribution in [3.63, 3.8) is 0 Å². The number of nitrogens with one attached hydrogen (secondary N) is 1. The number of hydrogen-bond donors (Lipinski definition) is 3. The van der Waals surface area contributed by atoms with Crippen molar-refractivity contribution in [2.45, 2.75) is 12.8 Å². The predicted octanol–water partition coefficient (Wildman–Crippen LogP) is 0.651. The van der Waals surface area contributed by atoms with Crippen LogP contribution in [0.3, 0.4) is 0 Å². The molecule has 0 unspecified atom stereocenters. The van der Waals surface area contributed by atoms with Crippen LogP contribution in [0.5, 0.6) is 5.75 Å². The van der Waals surface area contributed by atoms with E-state index in [0.717, 1.165) is 12.5 Å². The molecule has 0 atom stereocenters. The van der Waals surface area contributed by atoms with Gasteiger partial charge in [0.25, 0.3) is 0 Å². The van der Waals surface area contributed by atoms with Crippen molar-refractivity contribution < 1.29 is 24.6 Å². The average Bonchev–Trinajstić information content (AvgIpc) is 2.77. The number of phenolic OH excluding ortho intramolecular Hbond substituents is 1. The number of aromatic carboxylic acids is 1. The molecule has 0 saturated carbocycles. The molecule has 0 aliphatic carbocycles. The first-order chi connectivity index (χ1) is 9.47. The predicted molar refractivity (Wildman–Crippen MR) is 69.5 cm³/mol. The van der Waals surface area contributed by atoms with E-state index >= 15 is 0 Å². The molecule has 2 rings (SSSR count). The number of anilines is 1. The molecule has 20 heavy (non-hydrogen) atoms.